The van der Waals surface area contributed by atoms with E-state index in [1.165, 1.54) is 30.7 Å². The third-order valence-corrected chi connectivity index (χ3v) is 6.48. The summed E-state index contributed by atoms with van der Waals surface area (Å²) in [7, 11) is -0.948. The van der Waals surface area contributed by atoms with Crippen LogP contribution in [-0.2, 0) is 19.6 Å². The molecule has 0 aliphatic carbocycles. The zero-order chi connectivity index (χ0) is 18.9. The van der Waals surface area contributed by atoms with Gasteiger partial charge in [-0.15, -0.1) is 0 Å². The summed E-state index contributed by atoms with van der Waals surface area (Å²) >= 11 is 0. The minimum absolute atomic E-state index is 0.0226. The molecule has 2 heterocycles. The molecule has 142 valence electrons. The number of carbonyl (C=O) groups is 2. The fraction of sp³-hybridized carbons (Fsp3) is 0.500. The number of sulfonamides is 1. The zero-order valence-electron chi connectivity index (χ0n) is 14.5. The molecular formula is C16H20N2O7S. The second-order valence-corrected chi connectivity index (χ2v) is 7.88. The van der Waals surface area contributed by atoms with Crippen LogP contribution in [0, 0.1) is 0 Å². The van der Waals surface area contributed by atoms with E-state index in [-0.39, 0.29) is 42.3 Å². The average Bonchev–Trinajstić information content (AvgIpc) is 2.99. The summed E-state index contributed by atoms with van der Waals surface area (Å²) in [6.07, 6.45) is 0.0457. The van der Waals surface area contributed by atoms with Crippen LogP contribution in [0.1, 0.15) is 12.8 Å². The van der Waals surface area contributed by atoms with Crippen molar-refractivity contribution >= 4 is 22.0 Å². The molecule has 0 atom stereocenters. The second-order valence-electron chi connectivity index (χ2n) is 5.97. The summed E-state index contributed by atoms with van der Waals surface area (Å²) in [5.41, 5.74) is 0. The Morgan fingerprint density at radius 3 is 2.35 bits per heavy atom. The lowest BCUT2D eigenvalue weighted by molar-refractivity contribution is -0.127. The highest BCUT2D eigenvalue weighted by molar-refractivity contribution is 7.89. The smallest absolute Gasteiger partial charge is 0.417 e. The summed E-state index contributed by atoms with van der Waals surface area (Å²) in [6.45, 7) is 0.118. The van der Waals surface area contributed by atoms with Crippen LogP contribution in [0.4, 0.5) is 4.79 Å². The molecule has 0 radical (unpaired) electrons. The van der Waals surface area contributed by atoms with E-state index in [1.807, 2.05) is 0 Å². The van der Waals surface area contributed by atoms with Crippen LogP contribution in [0.15, 0.2) is 23.1 Å². The van der Waals surface area contributed by atoms with Crippen LogP contribution in [0.5, 0.6) is 11.5 Å². The van der Waals surface area contributed by atoms with E-state index in [9.17, 15) is 18.0 Å². The Morgan fingerprint density at radius 1 is 1.12 bits per heavy atom. The molecule has 26 heavy (non-hydrogen) atoms. The number of nitrogens with zero attached hydrogens (tertiary/aromatic N) is 2. The van der Waals surface area contributed by atoms with Gasteiger partial charge in [-0.25, -0.2) is 18.1 Å². The Hall–Kier alpha value is -2.33. The SMILES string of the molecule is COc1ccc(OC)c(S(=O)(=O)N2CCC(N3C(=O)COC3=O)CC2)c1. The first-order chi connectivity index (χ1) is 12.4. The molecule has 2 fully saturated rings. The van der Waals surface area contributed by atoms with E-state index in [0.29, 0.717) is 18.6 Å². The van der Waals surface area contributed by atoms with Crippen molar-refractivity contribution in [2.24, 2.45) is 0 Å². The van der Waals surface area contributed by atoms with Crippen molar-refractivity contribution in [1.82, 2.24) is 9.21 Å². The van der Waals surface area contributed by atoms with Crippen LogP contribution in [0.3, 0.4) is 0 Å². The molecular weight excluding hydrogens is 364 g/mol. The number of hydrogen-bond acceptors (Lipinski definition) is 7. The molecule has 0 unspecified atom stereocenters. The molecule has 1 aromatic rings. The van der Waals surface area contributed by atoms with Gasteiger partial charge in [0.25, 0.3) is 5.91 Å². The number of rotatable bonds is 5. The molecule has 2 aliphatic rings. The molecule has 0 N–H and O–H groups in total. The fourth-order valence-corrected chi connectivity index (χ4v) is 4.82. The Kier molecular flexibility index (Phi) is 5.05. The van der Waals surface area contributed by atoms with Gasteiger partial charge in [0.05, 0.1) is 14.2 Å². The number of piperidine rings is 1. The molecule has 3 rings (SSSR count). The molecule has 2 aliphatic heterocycles. The van der Waals surface area contributed by atoms with E-state index in [0.717, 1.165) is 4.90 Å². The highest BCUT2D eigenvalue weighted by Gasteiger charge is 2.40. The number of carbonyl (C=O) groups excluding carboxylic acids is 2. The molecule has 9 nitrogen and oxygen atoms in total. The number of hydrogen-bond donors (Lipinski definition) is 0. The predicted molar refractivity (Wildman–Crippen MR) is 89.5 cm³/mol. The van der Waals surface area contributed by atoms with Crippen LogP contribution >= 0.6 is 0 Å². The first-order valence-corrected chi connectivity index (χ1v) is 9.53. The van der Waals surface area contributed by atoms with E-state index in [4.69, 9.17) is 14.2 Å². The minimum atomic E-state index is -3.80. The Labute approximate surface area is 151 Å². The molecule has 0 aromatic heterocycles. The zero-order valence-corrected chi connectivity index (χ0v) is 15.3. The minimum Gasteiger partial charge on any atom is -0.497 e. The van der Waals surface area contributed by atoms with Crippen molar-refractivity contribution in [3.63, 3.8) is 0 Å². The van der Waals surface area contributed by atoms with Crippen molar-refractivity contribution < 1.29 is 32.2 Å². The number of methoxy groups -OCH3 is 2. The summed E-state index contributed by atoms with van der Waals surface area (Å²) in [4.78, 5) is 24.5. The van der Waals surface area contributed by atoms with Gasteiger partial charge in [-0.2, -0.15) is 4.31 Å². The fourth-order valence-electron chi connectivity index (χ4n) is 3.18. The lowest BCUT2D eigenvalue weighted by Gasteiger charge is -2.34. The number of cyclic esters (lactones) is 1. The van der Waals surface area contributed by atoms with E-state index >= 15 is 0 Å². The van der Waals surface area contributed by atoms with Crippen molar-refractivity contribution in [2.75, 3.05) is 33.9 Å². The topological polar surface area (TPSA) is 102 Å². The van der Waals surface area contributed by atoms with Crippen LogP contribution in [-0.4, -0.2) is 69.6 Å². The largest absolute Gasteiger partial charge is 0.497 e. The van der Waals surface area contributed by atoms with Gasteiger partial charge in [-0.05, 0) is 25.0 Å². The second kappa shape index (κ2) is 7.12. The van der Waals surface area contributed by atoms with Gasteiger partial charge >= 0.3 is 6.09 Å². The van der Waals surface area contributed by atoms with E-state index < -0.39 is 16.1 Å². The Balaban J connectivity index is 1.78. The molecule has 0 spiro atoms. The van der Waals surface area contributed by atoms with Crippen molar-refractivity contribution in [3.05, 3.63) is 18.2 Å². The standard InChI is InChI=1S/C16H20N2O7S/c1-23-12-3-4-13(24-2)14(9-12)26(21,22)17-7-5-11(6-8-17)18-15(19)10-25-16(18)20/h3-4,9,11H,5-8,10H2,1-2H3. The van der Waals surface area contributed by atoms with Gasteiger partial charge in [0.1, 0.15) is 16.4 Å². The first kappa shape index (κ1) is 18.5. The normalized spacial score (nSPS) is 19.5. The molecule has 1 aromatic carbocycles. The van der Waals surface area contributed by atoms with Gasteiger partial charge in [0, 0.05) is 25.2 Å². The van der Waals surface area contributed by atoms with E-state index in [2.05, 4.69) is 0 Å². The monoisotopic (exact) mass is 384 g/mol. The van der Waals surface area contributed by atoms with Crippen molar-refractivity contribution in [2.45, 2.75) is 23.8 Å². The van der Waals surface area contributed by atoms with Crippen LogP contribution in [0.25, 0.3) is 0 Å². The quantitative estimate of drug-likeness (QED) is 0.741. The van der Waals surface area contributed by atoms with Crippen molar-refractivity contribution in [3.8, 4) is 11.5 Å². The average molecular weight is 384 g/mol. The maximum atomic E-state index is 13.0. The van der Waals surface area contributed by atoms with Gasteiger partial charge < -0.3 is 14.2 Å². The molecule has 10 heteroatoms. The van der Waals surface area contributed by atoms with Crippen LogP contribution < -0.4 is 9.47 Å². The van der Waals surface area contributed by atoms with E-state index in [1.54, 1.807) is 6.07 Å². The summed E-state index contributed by atoms with van der Waals surface area (Å²) < 4.78 is 42.4. The van der Waals surface area contributed by atoms with Gasteiger partial charge in [-0.1, -0.05) is 0 Å². The Morgan fingerprint density at radius 2 is 1.81 bits per heavy atom. The number of ether oxygens (including phenoxy) is 3. The summed E-state index contributed by atoms with van der Waals surface area (Å²) in [5.74, 6) is 0.252. The van der Waals surface area contributed by atoms with Gasteiger partial charge in [-0.3, -0.25) is 4.79 Å². The Bertz CT molecular complexity index is 800. The number of amides is 2. The maximum Gasteiger partial charge on any atom is 0.417 e. The molecule has 0 bridgehead atoms. The molecule has 2 amide bonds. The number of benzene rings is 1. The summed E-state index contributed by atoms with van der Waals surface area (Å²) in [5, 5.41) is 0. The third kappa shape index (κ3) is 3.21. The van der Waals surface area contributed by atoms with Crippen molar-refractivity contribution in [1.29, 1.82) is 0 Å². The highest BCUT2D eigenvalue weighted by atomic mass is 32.2. The lowest BCUT2D eigenvalue weighted by Crippen LogP contribution is -2.48. The summed E-state index contributed by atoms with van der Waals surface area (Å²) in [6, 6.07) is 4.23. The maximum absolute atomic E-state index is 13.0. The van der Waals surface area contributed by atoms with Gasteiger partial charge in [0.15, 0.2) is 6.61 Å². The molecule has 0 saturated carbocycles. The number of imide groups is 1. The third-order valence-electron chi connectivity index (χ3n) is 4.56. The van der Waals surface area contributed by atoms with Gasteiger partial charge in [0.2, 0.25) is 10.0 Å². The lowest BCUT2D eigenvalue weighted by atomic mass is 10.1. The van der Waals surface area contributed by atoms with Crippen LogP contribution in [0.2, 0.25) is 0 Å². The molecule has 2 saturated heterocycles. The highest BCUT2D eigenvalue weighted by Crippen LogP contribution is 2.32. The first-order valence-electron chi connectivity index (χ1n) is 8.09. The predicted octanol–water partition coefficient (Wildman–Crippen LogP) is 0.836.